The number of carboxylic acids is 1. The van der Waals surface area contributed by atoms with Crippen LogP contribution in [0.2, 0.25) is 0 Å². The van der Waals surface area contributed by atoms with Gasteiger partial charge in [-0.25, -0.2) is 4.79 Å². The highest BCUT2D eigenvalue weighted by atomic mass is 16.4. The van der Waals surface area contributed by atoms with E-state index in [9.17, 15) is 9.59 Å². The third kappa shape index (κ3) is 2.74. The predicted octanol–water partition coefficient (Wildman–Crippen LogP) is 1.74. The van der Waals surface area contributed by atoms with Crippen molar-refractivity contribution in [1.29, 1.82) is 0 Å². The Labute approximate surface area is 96.6 Å². The molecule has 0 aromatic rings. The average Bonchev–Trinajstić information content (AvgIpc) is 2.26. The van der Waals surface area contributed by atoms with Gasteiger partial charge in [0.2, 0.25) is 5.91 Å². The summed E-state index contributed by atoms with van der Waals surface area (Å²) in [4.78, 5) is 24.3. The van der Waals surface area contributed by atoms with Crippen molar-refractivity contribution in [3.63, 3.8) is 0 Å². The molecule has 16 heavy (non-hydrogen) atoms. The molecular weight excluding hydrogens is 206 g/mol. The second kappa shape index (κ2) is 5.32. The summed E-state index contributed by atoms with van der Waals surface area (Å²) < 4.78 is 0. The van der Waals surface area contributed by atoms with Gasteiger partial charge in [0.15, 0.2) is 0 Å². The minimum absolute atomic E-state index is 0.0119. The van der Waals surface area contributed by atoms with Gasteiger partial charge in [0.1, 0.15) is 6.04 Å². The number of aliphatic carboxylic acids is 1. The van der Waals surface area contributed by atoms with Crippen molar-refractivity contribution >= 4 is 11.9 Å². The van der Waals surface area contributed by atoms with Crippen molar-refractivity contribution < 1.29 is 14.7 Å². The lowest BCUT2D eigenvalue weighted by Crippen LogP contribution is -2.45. The second-order valence-corrected chi connectivity index (χ2v) is 4.83. The molecule has 1 aliphatic carbocycles. The molecule has 4 heteroatoms. The molecular formula is C12H21NO3. The molecule has 4 nitrogen and oxygen atoms in total. The Morgan fingerprint density at radius 1 is 1.31 bits per heavy atom. The van der Waals surface area contributed by atoms with E-state index in [2.05, 4.69) is 6.92 Å². The van der Waals surface area contributed by atoms with E-state index in [0.29, 0.717) is 5.92 Å². The van der Waals surface area contributed by atoms with Crippen LogP contribution < -0.4 is 0 Å². The molecule has 92 valence electrons. The van der Waals surface area contributed by atoms with E-state index in [1.54, 1.807) is 14.0 Å². The molecule has 1 aliphatic rings. The van der Waals surface area contributed by atoms with Gasteiger partial charge in [-0.2, -0.15) is 0 Å². The standard InChI is InChI=1S/C12H21NO3/c1-8-6-4-5-7-10(8)11(14)13(3)9(2)12(15)16/h8-10H,4-7H2,1-3H3,(H,15,16). The van der Waals surface area contributed by atoms with Crippen LogP contribution in [0.3, 0.4) is 0 Å². The van der Waals surface area contributed by atoms with E-state index in [4.69, 9.17) is 5.11 Å². The molecule has 1 N–H and O–H groups in total. The largest absolute Gasteiger partial charge is 0.480 e. The molecule has 0 aliphatic heterocycles. The minimum Gasteiger partial charge on any atom is -0.480 e. The zero-order chi connectivity index (χ0) is 12.3. The molecule has 3 atom stereocenters. The highest BCUT2D eigenvalue weighted by molar-refractivity contribution is 5.84. The van der Waals surface area contributed by atoms with Gasteiger partial charge >= 0.3 is 5.97 Å². The summed E-state index contributed by atoms with van der Waals surface area (Å²) in [5.74, 6) is -0.563. The summed E-state index contributed by atoms with van der Waals surface area (Å²) >= 11 is 0. The number of amides is 1. The van der Waals surface area contributed by atoms with Crippen molar-refractivity contribution in [2.24, 2.45) is 11.8 Å². The van der Waals surface area contributed by atoms with Crippen LogP contribution in [0.1, 0.15) is 39.5 Å². The summed E-state index contributed by atoms with van der Waals surface area (Å²) in [5, 5.41) is 8.87. The number of hydrogen-bond donors (Lipinski definition) is 1. The van der Waals surface area contributed by atoms with Gasteiger partial charge in [0.25, 0.3) is 0 Å². The minimum atomic E-state index is -0.945. The summed E-state index contributed by atoms with van der Waals surface area (Å²) in [6.45, 7) is 3.63. The highest BCUT2D eigenvalue weighted by Gasteiger charge is 2.32. The molecule has 1 saturated carbocycles. The first-order chi connectivity index (χ1) is 7.45. The predicted molar refractivity (Wildman–Crippen MR) is 61.0 cm³/mol. The van der Waals surface area contributed by atoms with Crippen LogP contribution in [0.4, 0.5) is 0 Å². The van der Waals surface area contributed by atoms with Gasteiger partial charge in [-0.15, -0.1) is 0 Å². The van der Waals surface area contributed by atoms with Crippen LogP contribution in [-0.2, 0) is 9.59 Å². The third-order valence-corrected chi connectivity index (χ3v) is 3.71. The number of carbonyl (C=O) groups is 2. The highest BCUT2D eigenvalue weighted by Crippen LogP contribution is 2.31. The fourth-order valence-corrected chi connectivity index (χ4v) is 2.30. The maximum absolute atomic E-state index is 12.1. The van der Waals surface area contributed by atoms with E-state index in [1.165, 1.54) is 11.3 Å². The van der Waals surface area contributed by atoms with Crippen LogP contribution in [0.15, 0.2) is 0 Å². The monoisotopic (exact) mass is 227 g/mol. The average molecular weight is 227 g/mol. The normalized spacial score (nSPS) is 27.2. The van der Waals surface area contributed by atoms with Crippen LogP contribution in [-0.4, -0.2) is 35.0 Å². The summed E-state index contributed by atoms with van der Waals surface area (Å²) in [6, 6.07) is -0.735. The molecule has 3 unspecified atom stereocenters. The number of carboxylic acid groups (broad SMARTS) is 1. The Bertz CT molecular complexity index is 277. The summed E-state index contributed by atoms with van der Waals surface area (Å²) in [6.07, 6.45) is 4.24. The number of hydrogen-bond acceptors (Lipinski definition) is 2. The lowest BCUT2D eigenvalue weighted by molar-refractivity contribution is -0.151. The molecule has 0 aromatic heterocycles. The van der Waals surface area contributed by atoms with Gasteiger partial charge in [-0.05, 0) is 25.7 Å². The third-order valence-electron chi connectivity index (χ3n) is 3.71. The number of likely N-dealkylation sites (N-methyl/N-ethyl adjacent to an activating group) is 1. The maximum Gasteiger partial charge on any atom is 0.326 e. The first-order valence-electron chi connectivity index (χ1n) is 5.94. The molecule has 1 fully saturated rings. The van der Waals surface area contributed by atoms with E-state index in [1.807, 2.05) is 0 Å². The Kier molecular flexibility index (Phi) is 4.33. The topological polar surface area (TPSA) is 57.6 Å². The fourth-order valence-electron chi connectivity index (χ4n) is 2.30. The Hall–Kier alpha value is -1.06. The van der Waals surface area contributed by atoms with Crippen LogP contribution in [0.25, 0.3) is 0 Å². The van der Waals surface area contributed by atoms with Crippen molar-refractivity contribution in [2.45, 2.75) is 45.6 Å². The molecule has 0 aromatic carbocycles. The zero-order valence-corrected chi connectivity index (χ0v) is 10.3. The quantitative estimate of drug-likeness (QED) is 0.799. The Morgan fingerprint density at radius 2 is 1.88 bits per heavy atom. The lowest BCUT2D eigenvalue weighted by atomic mass is 9.79. The van der Waals surface area contributed by atoms with E-state index in [0.717, 1.165) is 19.3 Å². The number of carbonyl (C=O) groups excluding carboxylic acids is 1. The molecule has 0 spiro atoms. The SMILES string of the molecule is CC1CCCCC1C(=O)N(C)C(C)C(=O)O. The van der Waals surface area contributed by atoms with E-state index < -0.39 is 12.0 Å². The van der Waals surface area contributed by atoms with E-state index >= 15 is 0 Å². The molecule has 0 heterocycles. The van der Waals surface area contributed by atoms with Gasteiger partial charge in [0.05, 0.1) is 0 Å². The van der Waals surface area contributed by atoms with Gasteiger partial charge < -0.3 is 10.0 Å². The Morgan fingerprint density at radius 3 is 2.38 bits per heavy atom. The van der Waals surface area contributed by atoms with Crippen molar-refractivity contribution in [3.05, 3.63) is 0 Å². The van der Waals surface area contributed by atoms with Crippen LogP contribution >= 0.6 is 0 Å². The van der Waals surface area contributed by atoms with E-state index in [-0.39, 0.29) is 11.8 Å². The maximum atomic E-state index is 12.1. The van der Waals surface area contributed by atoms with Crippen molar-refractivity contribution in [1.82, 2.24) is 4.90 Å². The lowest BCUT2D eigenvalue weighted by Gasteiger charge is -2.32. The molecule has 0 bridgehead atoms. The molecule has 0 radical (unpaired) electrons. The molecule has 1 rings (SSSR count). The van der Waals surface area contributed by atoms with Crippen LogP contribution in [0.5, 0.6) is 0 Å². The Balaban J connectivity index is 2.65. The number of rotatable bonds is 3. The smallest absolute Gasteiger partial charge is 0.326 e. The van der Waals surface area contributed by atoms with Crippen molar-refractivity contribution in [3.8, 4) is 0 Å². The number of nitrogens with zero attached hydrogens (tertiary/aromatic N) is 1. The van der Waals surface area contributed by atoms with Gasteiger partial charge in [-0.3, -0.25) is 4.79 Å². The van der Waals surface area contributed by atoms with Crippen molar-refractivity contribution in [2.75, 3.05) is 7.05 Å². The van der Waals surface area contributed by atoms with Crippen LogP contribution in [0, 0.1) is 11.8 Å². The van der Waals surface area contributed by atoms with Gasteiger partial charge in [-0.1, -0.05) is 19.8 Å². The summed E-state index contributed by atoms with van der Waals surface area (Å²) in [7, 11) is 1.59. The fraction of sp³-hybridized carbons (Fsp3) is 0.833. The molecule has 0 saturated heterocycles. The zero-order valence-electron chi connectivity index (χ0n) is 10.3. The second-order valence-electron chi connectivity index (χ2n) is 4.83. The first kappa shape index (κ1) is 13.0. The summed E-state index contributed by atoms with van der Waals surface area (Å²) in [5.41, 5.74) is 0. The molecule has 1 amide bonds. The van der Waals surface area contributed by atoms with Gasteiger partial charge in [0, 0.05) is 13.0 Å². The first-order valence-corrected chi connectivity index (χ1v) is 5.94.